The molecule has 3 aliphatic rings. The molecule has 2 aromatic carbocycles. The lowest BCUT2D eigenvalue weighted by molar-refractivity contribution is -0.0626. The van der Waals surface area contributed by atoms with Gasteiger partial charge in [-0.15, -0.1) is 0 Å². The van der Waals surface area contributed by atoms with Crippen molar-refractivity contribution in [2.45, 2.75) is 51.2 Å². The van der Waals surface area contributed by atoms with Gasteiger partial charge in [0.2, 0.25) is 0 Å². The molecule has 1 fully saturated rings. The molecule has 4 atom stereocenters. The summed E-state index contributed by atoms with van der Waals surface area (Å²) in [4.78, 5) is 0. The maximum absolute atomic E-state index is 14.1. The van der Waals surface area contributed by atoms with Crippen molar-refractivity contribution in [2.75, 3.05) is 6.61 Å². The van der Waals surface area contributed by atoms with Crippen LogP contribution in [0.5, 0.6) is 5.75 Å². The first-order valence-corrected chi connectivity index (χ1v) is 12.2. The highest BCUT2D eigenvalue weighted by Gasteiger charge is 2.29. The molecule has 0 N–H and O–H groups in total. The molecule has 2 aliphatic carbocycles. The summed E-state index contributed by atoms with van der Waals surface area (Å²) in [5.41, 5.74) is 3.32. The van der Waals surface area contributed by atoms with E-state index < -0.39 is 0 Å². The molecule has 2 nitrogen and oxygen atoms in total. The molecule has 3 unspecified atom stereocenters. The van der Waals surface area contributed by atoms with Crippen molar-refractivity contribution < 1.29 is 13.9 Å². The van der Waals surface area contributed by atoms with E-state index >= 15 is 0 Å². The van der Waals surface area contributed by atoms with Gasteiger partial charge in [-0.25, -0.2) is 4.39 Å². The van der Waals surface area contributed by atoms with E-state index in [1.54, 1.807) is 12.1 Å². The molecule has 5 rings (SSSR count). The zero-order valence-electron chi connectivity index (χ0n) is 18.3. The summed E-state index contributed by atoms with van der Waals surface area (Å²) < 4.78 is 25.7. The van der Waals surface area contributed by atoms with Crippen LogP contribution in [0.3, 0.4) is 0 Å². The molecule has 2 aromatic rings. The first kappa shape index (κ1) is 21.7. The van der Waals surface area contributed by atoms with E-state index in [0.29, 0.717) is 34.4 Å². The Bertz CT molecular complexity index is 1010. The Morgan fingerprint density at radius 2 is 1.78 bits per heavy atom. The Morgan fingerprint density at radius 1 is 0.969 bits per heavy atom. The van der Waals surface area contributed by atoms with Crippen LogP contribution in [-0.2, 0) is 24.2 Å². The molecule has 0 aromatic heterocycles. The summed E-state index contributed by atoms with van der Waals surface area (Å²) in [6.07, 6.45) is 16.7. The van der Waals surface area contributed by atoms with Gasteiger partial charge in [-0.1, -0.05) is 48.0 Å². The van der Waals surface area contributed by atoms with E-state index in [-0.39, 0.29) is 12.4 Å². The van der Waals surface area contributed by atoms with Crippen LogP contribution in [0, 0.1) is 23.6 Å². The normalized spacial score (nSPS) is 26.4. The lowest BCUT2D eigenvalue weighted by Crippen LogP contribution is -2.31. The highest BCUT2D eigenvalue weighted by atomic mass is 35.5. The number of aryl methyl sites for hydroxylation is 1. The monoisotopic (exact) mass is 452 g/mol. The Kier molecular flexibility index (Phi) is 6.66. The third kappa shape index (κ3) is 5.10. The van der Waals surface area contributed by atoms with E-state index in [0.717, 1.165) is 31.6 Å². The number of benzene rings is 2. The molecule has 0 bridgehead atoms. The van der Waals surface area contributed by atoms with Crippen molar-refractivity contribution in [1.29, 1.82) is 0 Å². The van der Waals surface area contributed by atoms with Crippen LogP contribution in [0.25, 0.3) is 0 Å². The number of halogens is 2. The first-order chi connectivity index (χ1) is 15.6. The molecular weight excluding hydrogens is 423 g/mol. The van der Waals surface area contributed by atoms with Crippen LogP contribution >= 0.6 is 11.6 Å². The van der Waals surface area contributed by atoms with Crippen molar-refractivity contribution in [3.63, 3.8) is 0 Å². The van der Waals surface area contributed by atoms with Gasteiger partial charge in [0.1, 0.15) is 18.2 Å². The minimum atomic E-state index is -0.327. The molecule has 0 amide bonds. The summed E-state index contributed by atoms with van der Waals surface area (Å²) in [5, 5.41) is 0.400. The second kappa shape index (κ2) is 9.80. The fraction of sp³-hybridized carbons (Fsp3) is 0.429. The van der Waals surface area contributed by atoms with Crippen LogP contribution in [0.4, 0.5) is 4.39 Å². The minimum absolute atomic E-state index is 0.204. The minimum Gasteiger partial charge on any atom is -0.489 e. The second-order valence-corrected chi connectivity index (χ2v) is 9.85. The summed E-state index contributed by atoms with van der Waals surface area (Å²) in [7, 11) is 0. The average Bonchev–Trinajstić information content (AvgIpc) is 2.76. The number of hydrogen-bond acceptors (Lipinski definition) is 2. The molecule has 1 saturated heterocycles. The van der Waals surface area contributed by atoms with Crippen LogP contribution in [0.2, 0.25) is 5.02 Å². The van der Waals surface area contributed by atoms with Crippen molar-refractivity contribution >= 4 is 11.6 Å². The molecule has 1 heterocycles. The van der Waals surface area contributed by atoms with Gasteiger partial charge in [0.25, 0.3) is 0 Å². The predicted molar refractivity (Wildman–Crippen MR) is 127 cm³/mol. The summed E-state index contributed by atoms with van der Waals surface area (Å²) in [5.74, 6) is 2.35. The molecule has 32 heavy (non-hydrogen) atoms. The fourth-order valence-electron chi connectivity index (χ4n) is 5.26. The van der Waals surface area contributed by atoms with Gasteiger partial charge >= 0.3 is 0 Å². The van der Waals surface area contributed by atoms with Gasteiger partial charge in [-0.2, -0.15) is 0 Å². The summed E-state index contributed by atoms with van der Waals surface area (Å²) in [6.45, 7) is 1.13. The standard InChI is InChI=1S/C28H30ClFO2/c29-25-9-7-23(28(30)17-25)18-32-26-10-8-20-6-5-19(14-24(20)16-26)13-21-3-1-2-4-22(21)15-27-11-12-31-27/h1-4,7-10,16-17,19,21-22,27H,5-6,11-15,18H2/t19?,21?,22?,27-/m1/s1. The maximum atomic E-state index is 14.1. The second-order valence-electron chi connectivity index (χ2n) is 9.41. The Balaban J connectivity index is 1.21. The fourth-order valence-corrected chi connectivity index (χ4v) is 5.42. The van der Waals surface area contributed by atoms with Crippen molar-refractivity contribution in [1.82, 2.24) is 0 Å². The molecule has 0 radical (unpaired) electrons. The van der Waals surface area contributed by atoms with Crippen molar-refractivity contribution in [2.24, 2.45) is 17.8 Å². The zero-order valence-corrected chi connectivity index (χ0v) is 19.1. The average molecular weight is 453 g/mol. The third-order valence-electron chi connectivity index (χ3n) is 7.23. The van der Waals surface area contributed by atoms with Crippen molar-refractivity contribution in [3.8, 4) is 5.75 Å². The lowest BCUT2D eigenvalue weighted by Gasteiger charge is -2.35. The molecule has 4 heteroatoms. The zero-order chi connectivity index (χ0) is 21.9. The maximum Gasteiger partial charge on any atom is 0.131 e. The number of rotatable bonds is 7. The largest absolute Gasteiger partial charge is 0.489 e. The molecule has 168 valence electrons. The highest BCUT2D eigenvalue weighted by Crippen LogP contribution is 2.37. The van der Waals surface area contributed by atoms with Gasteiger partial charge in [0.15, 0.2) is 0 Å². The van der Waals surface area contributed by atoms with Crippen LogP contribution < -0.4 is 4.74 Å². The Morgan fingerprint density at radius 3 is 2.53 bits per heavy atom. The first-order valence-electron chi connectivity index (χ1n) is 11.8. The highest BCUT2D eigenvalue weighted by molar-refractivity contribution is 6.30. The number of allylic oxidation sites excluding steroid dienone is 4. The smallest absolute Gasteiger partial charge is 0.131 e. The van der Waals surface area contributed by atoms with Gasteiger partial charge in [0, 0.05) is 17.2 Å². The summed E-state index contributed by atoms with van der Waals surface area (Å²) >= 11 is 5.85. The Labute approximate surface area is 195 Å². The van der Waals surface area contributed by atoms with Gasteiger partial charge in [-0.3, -0.25) is 0 Å². The van der Waals surface area contributed by atoms with E-state index in [4.69, 9.17) is 21.1 Å². The number of hydrogen-bond donors (Lipinski definition) is 0. The van der Waals surface area contributed by atoms with E-state index in [9.17, 15) is 4.39 Å². The van der Waals surface area contributed by atoms with Gasteiger partial charge in [0.05, 0.1) is 6.10 Å². The van der Waals surface area contributed by atoms with Crippen molar-refractivity contribution in [3.05, 3.63) is 88.2 Å². The molecule has 0 saturated carbocycles. The summed E-state index contributed by atoms with van der Waals surface area (Å²) in [6, 6.07) is 11.1. The molecule has 1 aliphatic heterocycles. The quantitative estimate of drug-likeness (QED) is 0.446. The van der Waals surface area contributed by atoms with Crippen LogP contribution in [0.15, 0.2) is 60.7 Å². The Hall–Kier alpha value is -2.10. The topological polar surface area (TPSA) is 18.5 Å². The predicted octanol–water partition coefficient (Wildman–Crippen LogP) is 7.09. The van der Waals surface area contributed by atoms with Crippen LogP contribution in [-0.4, -0.2) is 12.7 Å². The van der Waals surface area contributed by atoms with Gasteiger partial charge in [-0.05, 0) is 91.7 Å². The van der Waals surface area contributed by atoms with E-state index in [1.807, 2.05) is 6.07 Å². The van der Waals surface area contributed by atoms with E-state index in [2.05, 4.69) is 36.4 Å². The van der Waals surface area contributed by atoms with Gasteiger partial charge < -0.3 is 9.47 Å². The third-order valence-corrected chi connectivity index (χ3v) is 7.46. The molecule has 0 spiro atoms. The lowest BCUT2D eigenvalue weighted by atomic mass is 9.74. The molecular formula is C28H30ClFO2. The number of ether oxygens (including phenoxy) is 2. The SMILES string of the molecule is Fc1cc(Cl)ccc1COc1ccc2c(c1)CC(CC1C=CC=CC1C[C@H]1CCO1)CC2. The van der Waals surface area contributed by atoms with Crippen LogP contribution in [0.1, 0.15) is 42.4 Å². The number of fused-ring (bicyclic) bond motifs is 1. The van der Waals surface area contributed by atoms with E-state index in [1.165, 1.54) is 36.5 Å².